The number of rotatable bonds is 7. The van der Waals surface area contributed by atoms with Crippen LogP contribution in [0.4, 0.5) is 0 Å². The summed E-state index contributed by atoms with van der Waals surface area (Å²) in [6, 6.07) is 0. The molecule has 0 bridgehead atoms. The Morgan fingerprint density at radius 3 is 2.67 bits per heavy atom. The third kappa shape index (κ3) is 5.31. The normalized spacial score (nSPS) is 18.3. The Morgan fingerprint density at radius 2 is 2.11 bits per heavy atom. The van der Waals surface area contributed by atoms with Crippen molar-refractivity contribution in [1.82, 2.24) is 5.32 Å². The van der Waals surface area contributed by atoms with Crippen molar-refractivity contribution in [1.29, 1.82) is 0 Å². The van der Waals surface area contributed by atoms with E-state index in [1.165, 1.54) is 19.3 Å². The number of ether oxygens (including phenoxy) is 1. The Hall–Kier alpha value is -0.680. The molecule has 18 heavy (non-hydrogen) atoms. The van der Waals surface area contributed by atoms with Crippen LogP contribution in [0.15, 0.2) is 0 Å². The molecule has 1 unspecified atom stereocenters. The molecule has 1 atom stereocenters. The van der Waals surface area contributed by atoms with Gasteiger partial charge < -0.3 is 15.8 Å². The topological polar surface area (TPSA) is 64.3 Å². The minimum Gasteiger partial charge on any atom is -0.393 e. The fourth-order valence-electron chi connectivity index (χ4n) is 2.27. The van der Waals surface area contributed by atoms with Gasteiger partial charge >= 0.3 is 0 Å². The summed E-state index contributed by atoms with van der Waals surface area (Å²) in [5, 5.41) is 2.82. The van der Waals surface area contributed by atoms with Gasteiger partial charge in [-0.25, -0.2) is 0 Å². The van der Waals surface area contributed by atoms with Gasteiger partial charge in [-0.1, -0.05) is 38.4 Å². The summed E-state index contributed by atoms with van der Waals surface area (Å²) in [4.78, 5) is 12.0. The number of hydrogen-bond acceptors (Lipinski definition) is 3. The fraction of sp³-hybridized carbons (Fsp3) is 0.846. The van der Waals surface area contributed by atoms with E-state index >= 15 is 0 Å². The van der Waals surface area contributed by atoms with Crippen LogP contribution in [0.2, 0.25) is 0 Å². The molecule has 5 heteroatoms. The Labute approximate surface area is 115 Å². The Morgan fingerprint density at radius 1 is 1.44 bits per heavy atom. The van der Waals surface area contributed by atoms with E-state index in [1.54, 1.807) is 0 Å². The smallest absolute Gasteiger partial charge is 0.230 e. The van der Waals surface area contributed by atoms with Crippen LogP contribution in [-0.2, 0) is 9.53 Å². The van der Waals surface area contributed by atoms with E-state index in [9.17, 15) is 4.79 Å². The molecule has 0 spiro atoms. The molecule has 1 saturated carbocycles. The largest absolute Gasteiger partial charge is 0.393 e. The highest BCUT2D eigenvalue weighted by atomic mass is 32.1. The van der Waals surface area contributed by atoms with E-state index in [0.717, 1.165) is 12.8 Å². The van der Waals surface area contributed by atoms with E-state index in [2.05, 4.69) is 5.32 Å². The summed E-state index contributed by atoms with van der Waals surface area (Å²) >= 11 is 4.86. The number of amides is 1. The molecule has 1 aliphatic carbocycles. The molecule has 0 aromatic heterocycles. The molecular formula is C13H24N2O2S. The minimum absolute atomic E-state index is 0.0859. The van der Waals surface area contributed by atoms with Gasteiger partial charge in [0.2, 0.25) is 5.91 Å². The lowest BCUT2D eigenvalue weighted by molar-refractivity contribution is -0.123. The highest BCUT2D eigenvalue weighted by Gasteiger charge is 2.19. The van der Waals surface area contributed by atoms with E-state index in [1.807, 2.05) is 6.92 Å². The van der Waals surface area contributed by atoms with Crippen LogP contribution < -0.4 is 11.1 Å². The van der Waals surface area contributed by atoms with Crippen molar-refractivity contribution >= 4 is 23.1 Å². The van der Waals surface area contributed by atoms with Gasteiger partial charge in [-0.05, 0) is 19.3 Å². The summed E-state index contributed by atoms with van der Waals surface area (Å²) in [5.41, 5.74) is 5.51. The van der Waals surface area contributed by atoms with Crippen molar-refractivity contribution in [2.75, 3.05) is 13.2 Å². The lowest BCUT2D eigenvalue weighted by Crippen LogP contribution is -2.39. The van der Waals surface area contributed by atoms with E-state index in [0.29, 0.717) is 25.7 Å². The quantitative estimate of drug-likeness (QED) is 0.547. The van der Waals surface area contributed by atoms with E-state index < -0.39 is 0 Å². The van der Waals surface area contributed by atoms with Crippen LogP contribution in [-0.4, -0.2) is 30.2 Å². The van der Waals surface area contributed by atoms with E-state index in [4.69, 9.17) is 22.7 Å². The number of carbonyl (C=O) groups is 1. The van der Waals surface area contributed by atoms with Gasteiger partial charge in [-0.2, -0.15) is 0 Å². The van der Waals surface area contributed by atoms with Gasteiger partial charge in [0.15, 0.2) is 0 Å². The lowest BCUT2D eigenvalue weighted by atomic mass is 9.98. The molecule has 1 amide bonds. The third-order valence-corrected chi connectivity index (χ3v) is 3.66. The molecule has 0 aliphatic heterocycles. The number of hydrogen-bond donors (Lipinski definition) is 2. The Balaban J connectivity index is 2.12. The van der Waals surface area contributed by atoms with Crippen molar-refractivity contribution in [3.63, 3.8) is 0 Å². The molecule has 1 aliphatic rings. The highest BCUT2D eigenvalue weighted by Crippen LogP contribution is 2.19. The summed E-state index contributed by atoms with van der Waals surface area (Å²) in [7, 11) is 0. The third-order valence-electron chi connectivity index (χ3n) is 3.38. The van der Waals surface area contributed by atoms with Gasteiger partial charge in [0, 0.05) is 6.54 Å². The zero-order chi connectivity index (χ0) is 13.4. The molecule has 1 fully saturated rings. The van der Waals surface area contributed by atoms with Crippen LogP contribution >= 0.6 is 12.2 Å². The van der Waals surface area contributed by atoms with E-state index in [-0.39, 0.29) is 16.8 Å². The van der Waals surface area contributed by atoms with Gasteiger partial charge in [0.25, 0.3) is 0 Å². The highest BCUT2D eigenvalue weighted by molar-refractivity contribution is 7.80. The average Bonchev–Trinajstić information content (AvgIpc) is 2.36. The van der Waals surface area contributed by atoms with Crippen LogP contribution in [0.1, 0.15) is 45.4 Å². The Kier molecular flexibility index (Phi) is 7.20. The molecule has 0 aromatic rings. The van der Waals surface area contributed by atoms with Crippen molar-refractivity contribution in [3.8, 4) is 0 Å². The second-order valence-corrected chi connectivity index (χ2v) is 5.26. The first-order valence-electron chi connectivity index (χ1n) is 6.83. The Bertz CT molecular complexity index is 278. The predicted octanol–water partition coefficient (Wildman–Crippen LogP) is 1.76. The van der Waals surface area contributed by atoms with Gasteiger partial charge in [0.05, 0.1) is 23.6 Å². The van der Waals surface area contributed by atoms with Gasteiger partial charge in [0.1, 0.15) is 0 Å². The first kappa shape index (κ1) is 15.4. The second kappa shape index (κ2) is 8.43. The molecule has 0 saturated heterocycles. The van der Waals surface area contributed by atoms with Crippen molar-refractivity contribution < 1.29 is 9.53 Å². The van der Waals surface area contributed by atoms with Crippen LogP contribution in [0.25, 0.3) is 0 Å². The van der Waals surface area contributed by atoms with Gasteiger partial charge in [-0.3, -0.25) is 4.79 Å². The molecule has 3 N–H and O–H groups in total. The number of nitrogens with two attached hydrogens (primary N) is 1. The second-order valence-electron chi connectivity index (χ2n) is 4.79. The molecule has 1 rings (SSSR count). The standard InChI is InChI=1S/C13H24N2O2S/c1-2-11(12(14)18)13(16)15-8-9-17-10-6-4-3-5-7-10/h10-11H,2-9H2,1H3,(H2,14,18)(H,15,16). The minimum atomic E-state index is -0.352. The SMILES string of the molecule is CCC(C(=O)NCCOC1CCCCC1)C(N)=S. The molecule has 0 aromatic carbocycles. The van der Waals surface area contributed by atoms with Crippen LogP contribution in [0, 0.1) is 5.92 Å². The number of nitrogens with one attached hydrogen (secondary N) is 1. The van der Waals surface area contributed by atoms with Gasteiger partial charge in [-0.15, -0.1) is 0 Å². The predicted molar refractivity (Wildman–Crippen MR) is 76.4 cm³/mol. The average molecular weight is 272 g/mol. The molecule has 104 valence electrons. The lowest BCUT2D eigenvalue weighted by Gasteiger charge is -2.22. The molecule has 0 heterocycles. The zero-order valence-corrected chi connectivity index (χ0v) is 11.9. The van der Waals surface area contributed by atoms with Crippen molar-refractivity contribution in [2.45, 2.75) is 51.6 Å². The van der Waals surface area contributed by atoms with Crippen molar-refractivity contribution in [2.24, 2.45) is 11.7 Å². The summed E-state index contributed by atoms with van der Waals surface area (Å²) in [5.74, 6) is -0.438. The zero-order valence-electron chi connectivity index (χ0n) is 11.1. The number of thiocarbonyl (C=S) groups is 1. The summed E-state index contributed by atoms with van der Waals surface area (Å²) < 4.78 is 5.73. The first-order chi connectivity index (χ1) is 8.65. The maximum atomic E-state index is 11.7. The first-order valence-corrected chi connectivity index (χ1v) is 7.24. The molecule has 4 nitrogen and oxygen atoms in total. The number of carbonyl (C=O) groups excluding carboxylic acids is 1. The maximum Gasteiger partial charge on any atom is 0.230 e. The fourth-order valence-corrected chi connectivity index (χ4v) is 2.54. The molecule has 0 radical (unpaired) electrons. The van der Waals surface area contributed by atoms with Crippen LogP contribution in [0.3, 0.4) is 0 Å². The molecular weight excluding hydrogens is 248 g/mol. The maximum absolute atomic E-state index is 11.7. The van der Waals surface area contributed by atoms with Crippen molar-refractivity contribution in [3.05, 3.63) is 0 Å². The summed E-state index contributed by atoms with van der Waals surface area (Å²) in [6.45, 7) is 3.01. The monoisotopic (exact) mass is 272 g/mol. The van der Waals surface area contributed by atoms with Crippen LogP contribution in [0.5, 0.6) is 0 Å². The summed E-state index contributed by atoms with van der Waals surface area (Å²) in [6.07, 6.45) is 7.17.